The van der Waals surface area contributed by atoms with Crippen LogP contribution in [0.1, 0.15) is 12.8 Å². The van der Waals surface area contributed by atoms with Crippen molar-refractivity contribution in [2.24, 2.45) is 0 Å². The lowest BCUT2D eigenvalue weighted by Gasteiger charge is -2.34. The molecule has 2 N–H and O–H groups in total. The Bertz CT molecular complexity index is 579. The van der Waals surface area contributed by atoms with E-state index in [1.54, 1.807) is 29.2 Å². The average molecular weight is 351 g/mol. The van der Waals surface area contributed by atoms with Gasteiger partial charge in [-0.05, 0) is 43.7 Å². The van der Waals surface area contributed by atoms with E-state index >= 15 is 0 Å². The van der Waals surface area contributed by atoms with Gasteiger partial charge in [-0.3, -0.25) is 9.69 Å². The summed E-state index contributed by atoms with van der Waals surface area (Å²) in [5.41, 5.74) is 0.731. The second-order valence-electron chi connectivity index (χ2n) is 6.32. The summed E-state index contributed by atoms with van der Waals surface area (Å²) >= 11 is 5.84. The van der Waals surface area contributed by atoms with Crippen molar-refractivity contribution in [3.05, 3.63) is 29.3 Å². The van der Waals surface area contributed by atoms with Gasteiger partial charge in [0.25, 0.3) is 0 Å². The van der Waals surface area contributed by atoms with E-state index in [2.05, 4.69) is 15.5 Å². The van der Waals surface area contributed by atoms with Crippen LogP contribution >= 0.6 is 11.6 Å². The number of carbonyl (C=O) groups excluding carboxylic acids is 2. The molecule has 0 saturated carbocycles. The third-order valence-corrected chi connectivity index (χ3v) is 4.84. The highest BCUT2D eigenvalue weighted by molar-refractivity contribution is 6.30. The van der Waals surface area contributed by atoms with Crippen LogP contribution < -0.4 is 10.6 Å². The Morgan fingerprint density at radius 3 is 2.50 bits per heavy atom. The number of nitrogens with one attached hydrogen (secondary N) is 2. The monoisotopic (exact) mass is 350 g/mol. The highest BCUT2D eigenvalue weighted by atomic mass is 35.5. The number of rotatable bonds is 4. The summed E-state index contributed by atoms with van der Waals surface area (Å²) in [5.74, 6) is 0.270. The minimum absolute atomic E-state index is 0.0243. The standard InChI is InChI=1S/C17H23ClN4O2/c18-13-3-5-14(6-4-13)20-17(24)22-10-8-21(9-11-22)12-16(23)15-2-1-7-19-15/h3-6,15,19H,1-2,7-12H2,(H,20,24). The van der Waals surface area contributed by atoms with Crippen LogP contribution in [0.5, 0.6) is 0 Å². The Hall–Kier alpha value is -1.63. The highest BCUT2D eigenvalue weighted by Crippen LogP contribution is 2.14. The molecule has 24 heavy (non-hydrogen) atoms. The largest absolute Gasteiger partial charge is 0.322 e. The van der Waals surface area contributed by atoms with E-state index in [1.165, 1.54) is 0 Å². The summed E-state index contributed by atoms with van der Waals surface area (Å²) in [7, 11) is 0. The van der Waals surface area contributed by atoms with Gasteiger partial charge in [0.2, 0.25) is 0 Å². The molecule has 0 aromatic heterocycles. The molecule has 2 aliphatic heterocycles. The molecule has 2 amide bonds. The van der Waals surface area contributed by atoms with Gasteiger partial charge in [-0.2, -0.15) is 0 Å². The lowest BCUT2D eigenvalue weighted by Crippen LogP contribution is -2.52. The number of urea groups is 1. The summed E-state index contributed by atoms with van der Waals surface area (Å²) < 4.78 is 0. The van der Waals surface area contributed by atoms with E-state index in [4.69, 9.17) is 11.6 Å². The molecule has 0 bridgehead atoms. The number of carbonyl (C=O) groups is 2. The van der Waals surface area contributed by atoms with Gasteiger partial charge in [-0.25, -0.2) is 4.79 Å². The second-order valence-corrected chi connectivity index (χ2v) is 6.75. The first-order chi connectivity index (χ1) is 11.6. The number of halogens is 1. The van der Waals surface area contributed by atoms with Gasteiger partial charge < -0.3 is 15.5 Å². The zero-order valence-corrected chi connectivity index (χ0v) is 14.4. The molecule has 2 heterocycles. The molecule has 3 rings (SSSR count). The maximum atomic E-state index is 12.3. The molecule has 6 nitrogen and oxygen atoms in total. The van der Waals surface area contributed by atoms with Crippen molar-refractivity contribution in [3.8, 4) is 0 Å². The molecule has 2 aliphatic rings. The molecular formula is C17H23ClN4O2. The number of anilines is 1. The van der Waals surface area contributed by atoms with Crippen LogP contribution in [0.4, 0.5) is 10.5 Å². The number of piperazine rings is 1. The topological polar surface area (TPSA) is 64.7 Å². The van der Waals surface area contributed by atoms with Crippen molar-refractivity contribution in [2.75, 3.05) is 44.6 Å². The predicted molar refractivity (Wildman–Crippen MR) is 94.5 cm³/mol. The molecule has 1 unspecified atom stereocenters. The van der Waals surface area contributed by atoms with Crippen LogP contribution in [0.3, 0.4) is 0 Å². The first-order valence-electron chi connectivity index (χ1n) is 8.42. The summed E-state index contributed by atoms with van der Waals surface area (Å²) in [6, 6.07) is 6.97. The van der Waals surface area contributed by atoms with E-state index in [0.29, 0.717) is 24.7 Å². The van der Waals surface area contributed by atoms with Gasteiger partial charge >= 0.3 is 6.03 Å². The van der Waals surface area contributed by atoms with Crippen LogP contribution in [-0.2, 0) is 4.79 Å². The Labute approximate surface area is 147 Å². The van der Waals surface area contributed by atoms with E-state index < -0.39 is 0 Å². The molecule has 0 spiro atoms. The van der Waals surface area contributed by atoms with Crippen LogP contribution in [0.15, 0.2) is 24.3 Å². The number of hydrogen-bond acceptors (Lipinski definition) is 4. The first-order valence-corrected chi connectivity index (χ1v) is 8.79. The third kappa shape index (κ3) is 4.47. The smallest absolute Gasteiger partial charge is 0.321 e. The molecule has 1 atom stereocenters. The summed E-state index contributed by atoms with van der Waals surface area (Å²) in [6.45, 7) is 4.13. The molecule has 1 aromatic rings. The van der Waals surface area contributed by atoms with Crippen molar-refractivity contribution < 1.29 is 9.59 Å². The molecule has 1 aromatic carbocycles. The Balaban J connectivity index is 1.43. The van der Waals surface area contributed by atoms with Crippen molar-refractivity contribution in [3.63, 3.8) is 0 Å². The van der Waals surface area contributed by atoms with Gasteiger partial charge in [-0.15, -0.1) is 0 Å². The van der Waals surface area contributed by atoms with Gasteiger partial charge in [0, 0.05) is 36.9 Å². The molecule has 7 heteroatoms. The van der Waals surface area contributed by atoms with Crippen LogP contribution in [-0.4, -0.2) is 66.9 Å². The summed E-state index contributed by atoms with van der Waals surface area (Å²) in [4.78, 5) is 28.4. The Morgan fingerprint density at radius 1 is 1.17 bits per heavy atom. The fraction of sp³-hybridized carbons (Fsp3) is 0.529. The minimum atomic E-state index is -0.110. The molecular weight excluding hydrogens is 328 g/mol. The van der Waals surface area contributed by atoms with Gasteiger partial charge in [0.15, 0.2) is 5.78 Å². The first kappa shape index (κ1) is 17.2. The van der Waals surface area contributed by atoms with E-state index in [-0.39, 0.29) is 17.9 Å². The second kappa shape index (κ2) is 7.96. The summed E-state index contributed by atoms with van der Waals surface area (Å²) in [5, 5.41) is 6.76. The fourth-order valence-electron chi connectivity index (χ4n) is 3.13. The van der Waals surface area contributed by atoms with Gasteiger partial charge in [0.05, 0.1) is 12.6 Å². The summed E-state index contributed by atoms with van der Waals surface area (Å²) in [6.07, 6.45) is 2.03. The van der Waals surface area contributed by atoms with Crippen LogP contribution in [0, 0.1) is 0 Å². The Morgan fingerprint density at radius 2 is 1.88 bits per heavy atom. The van der Waals surface area contributed by atoms with E-state index in [0.717, 1.165) is 38.2 Å². The van der Waals surface area contributed by atoms with Crippen molar-refractivity contribution in [1.29, 1.82) is 0 Å². The quantitative estimate of drug-likeness (QED) is 0.869. The molecule has 0 aliphatic carbocycles. The maximum Gasteiger partial charge on any atom is 0.321 e. The van der Waals surface area contributed by atoms with Crippen molar-refractivity contribution in [2.45, 2.75) is 18.9 Å². The lowest BCUT2D eigenvalue weighted by molar-refractivity contribution is -0.122. The lowest BCUT2D eigenvalue weighted by atomic mass is 10.1. The SMILES string of the molecule is O=C(CN1CCN(C(=O)Nc2ccc(Cl)cc2)CC1)C1CCCN1. The normalized spacial score (nSPS) is 21.7. The fourth-order valence-corrected chi connectivity index (χ4v) is 3.26. The highest BCUT2D eigenvalue weighted by Gasteiger charge is 2.26. The molecule has 130 valence electrons. The van der Waals surface area contributed by atoms with Gasteiger partial charge in [-0.1, -0.05) is 11.6 Å². The number of benzene rings is 1. The number of nitrogens with zero attached hydrogens (tertiary/aromatic N) is 2. The number of hydrogen-bond donors (Lipinski definition) is 2. The van der Waals surface area contributed by atoms with Crippen molar-refractivity contribution in [1.82, 2.24) is 15.1 Å². The molecule has 0 radical (unpaired) electrons. The maximum absolute atomic E-state index is 12.3. The third-order valence-electron chi connectivity index (χ3n) is 4.58. The number of Topliss-reactive ketones (excluding diaryl/α,β-unsaturated/α-hetero) is 1. The number of amides is 2. The Kier molecular flexibility index (Phi) is 5.71. The van der Waals surface area contributed by atoms with E-state index in [9.17, 15) is 9.59 Å². The van der Waals surface area contributed by atoms with Crippen LogP contribution in [0.25, 0.3) is 0 Å². The average Bonchev–Trinajstić information content (AvgIpc) is 3.12. The zero-order chi connectivity index (χ0) is 16.9. The molecule has 2 saturated heterocycles. The van der Waals surface area contributed by atoms with Crippen molar-refractivity contribution >= 4 is 29.1 Å². The zero-order valence-electron chi connectivity index (χ0n) is 13.6. The molecule has 2 fully saturated rings. The minimum Gasteiger partial charge on any atom is -0.322 e. The number of ketones is 1. The predicted octanol–water partition coefficient (Wildman–Crippen LogP) is 1.81. The van der Waals surface area contributed by atoms with Gasteiger partial charge in [0.1, 0.15) is 0 Å². The van der Waals surface area contributed by atoms with E-state index in [1.807, 2.05) is 0 Å². The van der Waals surface area contributed by atoms with Crippen LogP contribution in [0.2, 0.25) is 5.02 Å².